The van der Waals surface area contributed by atoms with Crippen LogP contribution in [-0.2, 0) is 9.84 Å². The minimum absolute atomic E-state index is 0.345. The van der Waals surface area contributed by atoms with Gasteiger partial charge in [-0.2, -0.15) is 0 Å². The van der Waals surface area contributed by atoms with E-state index in [0.29, 0.717) is 21.9 Å². The third-order valence-electron chi connectivity index (χ3n) is 4.49. The first-order valence-corrected chi connectivity index (χ1v) is 8.66. The summed E-state index contributed by atoms with van der Waals surface area (Å²) in [7, 11) is -3.31. The maximum atomic E-state index is 12.7. The van der Waals surface area contributed by atoms with Gasteiger partial charge in [-0.25, -0.2) is 8.42 Å². The molecule has 2 unspecified atom stereocenters. The van der Waals surface area contributed by atoms with Gasteiger partial charge in [-0.15, -0.1) is 0 Å². The van der Waals surface area contributed by atoms with Crippen LogP contribution < -0.4 is 5.32 Å². The van der Waals surface area contributed by atoms with Gasteiger partial charge in [-0.05, 0) is 42.5 Å². The number of sulfone groups is 1. The fourth-order valence-electron chi connectivity index (χ4n) is 3.55. The second-order valence-electron chi connectivity index (χ2n) is 5.85. The predicted octanol–water partition coefficient (Wildman–Crippen LogP) is 2.66. The van der Waals surface area contributed by atoms with Gasteiger partial charge in [0.25, 0.3) is 0 Å². The highest BCUT2D eigenvalue weighted by molar-refractivity contribution is 7.96. The second kappa shape index (κ2) is 4.30. The van der Waals surface area contributed by atoms with Crippen LogP contribution in [0.15, 0.2) is 45.7 Å². The number of fused-ring (bicyclic) bond motifs is 3. The molecule has 1 saturated heterocycles. The van der Waals surface area contributed by atoms with Crippen LogP contribution in [0.2, 0.25) is 0 Å². The Morgan fingerprint density at radius 1 is 1.15 bits per heavy atom. The van der Waals surface area contributed by atoms with Crippen LogP contribution in [0.3, 0.4) is 0 Å². The molecule has 1 N–H and O–H groups in total. The first kappa shape index (κ1) is 12.4. The summed E-state index contributed by atoms with van der Waals surface area (Å²) in [6.45, 7) is 0. The molecule has 0 aliphatic carbocycles. The molecule has 4 rings (SSSR count). The van der Waals surface area contributed by atoms with Gasteiger partial charge in [-0.3, -0.25) is 0 Å². The third-order valence-corrected chi connectivity index (χ3v) is 6.40. The summed E-state index contributed by atoms with van der Waals surface area (Å²) in [5.74, 6) is 0. The molecule has 3 aliphatic rings. The number of piperidine rings is 1. The molecule has 0 radical (unpaired) electrons. The monoisotopic (exact) mass is 287 g/mol. The number of nitrogens with one attached hydrogen (secondary N) is 1. The molecule has 2 atom stereocenters. The highest BCUT2D eigenvalue weighted by atomic mass is 32.2. The first-order chi connectivity index (χ1) is 9.64. The van der Waals surface area contributed by atoms with Gasteiger partial charge < -0.3 is 5.32 Å². The molecular weight excluding hydrogens is 270 g/mol. The topological polar surface area (TPSA) is 46.2 Å². The van der Waals surface area contributed by atoms with Gasteiger partial charge in [-0.1, -0.05) is 30.7 Å². The minimum atomic E-state index is -3.31. The molecule has 3 aliphatic heterocycles. The van der Waals surface area contributed by atoms with Gasteiger partial charge in [0.15, 0.2) is 0 Å². The van der Waals surface area contributed by atoms with E-state index in [1.165, 1.54) is 6.42 Å². The minimum Gasteiger partial charge on any atom is -0.307 e. The molecular formula is C16H17NO2S. The van der Waals surface area contributed by atoms with Crippen molar-refractivity contribution in [2.75, 3.05) is 0 Å². The molecule has 104 valence electrons. The first-order valence-electron chi connectivity index (χ1n) is 7.17. The van der Waals surface area contributed by atoms with Gasteiger partial charge in [0.1, 0.15) is 0 Å². The summed E-state index contributed by atoms with van der Waals surface area (Å²) in [5.41, 5.74) is 1.83. The Balaban J connectivity index is 1.80. The van der Waals surface area contributed by atoms with E-state index >= 15 is 0 Å². The Morgan fingerprint density at radius 2 is 2.00 bits per heavy atom. The van der Waals surface area contributed by atoms with E-state index in [0.717, 1.165) is 30.4 Å². The van der Waals surface area contributed by atoms with Gasteiger partial charge >= 0.3 is 0 Å². The van der Waals surface area contributed by atoms with E-state index in [1.54, 1.807) is 12.1 Å². The van der Waals surface area contributed by atoms with E-state index in [4.69, 9.17) is 0 Å². The Kier molecular flexibility index (Phi) is 2.66. The zero-order valence-electron chi connectivity index (χ0n) is 11.2. The molecule has 4 heteroatoms. The van der Waals surface area contributed by atoms with Crippen molar-refractivity contribution in [3.05, 3.63) is 46.4 Å². The van der Waals surface area contributed by atoms with E-state index in [1.807, 2.05) is 18.2 Å². The lowest BCUT2D eigenvalue weighted by Crippen LogP contribution is -2.44. The zero-order valence-corrected chi connectivity index (χ0v) is 12.0. The van der Waals surface area contributed by atoms with Crippen LogP contribution in [0.5, 0.6) is 0 Å². The summed E-state index contributed by atoms with van der Waals surface area (Å²) >= 11 is 0. The number of allylic oxidation sites excluding steroid dienone is 1. The van der Waals surface area contributed by atoms with Crippen LogP contribution >= 0.6 is 0 Å². The van der Waals surface area contributed by atoms with E-state index in [9.17, 15) is 8.42 Å². The van der Waals surface area contributed by atoms with E-state index in [-0.39, 0.29) is 0 Å². The Hall–Kier alpha value is -1.39. The maximum absolute atomic E-state index is 12.7. The van der Waals surface area contributed by atoms with Crippen molar-refractivity contribution in [3.8, 4) is 0 Å². The second-order valence-corrected chi connectivity index (χ2v) is 7.73. The molecule has 0 aromatic heterocycles. The van der Waals surface area contributed by atoms with Gasteiger partial charge in [0.05, 0.1) is 9.80 Å². The van der Waals surface area contributed by atoms with Crippen LogP contribution in [0, 0.1) is 0 Å². The van der Waals surface area contributed by atoms with Crippen molar-refractivity contribution < 1.29 is 8.42 Å². The highest BCUT2D eigenvalue weighted by Crippen LogP contribution is 2.40. The predicted molar refractivity (Wildman–Crippen MR) is 78.9 cm³/mol. The van der Waals surface area contributed by atoms with Crippen molar-refractivity contribution >= 4 is 15.9 Å². The summed E-state index contributed by atoms with van der Waals surface area (Å²) in [6, 6.07) is 8.04. The number of rotatable bonds is 1. The van der Waals surface area contributed by atoms with E-state index in [2.05, 4.69) is 11.4 Å². The average Bonchev–Trinajstić information content (AvgIpc) is 2.71. The molecule has 2 bridgehead atoms. The summed E-state index contributed by atoms with van der Waals surface area (Å²) in [4.78, 5) is 0.983. The summed E-state index contributed by atoms with van der Waals surface area (Å²) in [5, 5.41) is 3.56. The van der Waals surface area contributed by atoms with Crippen LogP contribution in [0.1, 0.15) is 31.2 Å². The van der Waals surface area contributed by atoms with Crippen molar-refractivity contribution in [2.45, 2.75) is 42.7 Å². The fraction of sp³-hybridized carbons (Fsp3) is 0.375. The average molecular weight is 287 g/mol. The Bertz CT molecular complexity index is 731. The number of benzene rings is 1. The van der Waals surface area contributed by atoms with Gasteiger partial charge in [0, 0.05) is 12.1 Å². The highest BCUT2D eigenvalue weighted by Gasteiger charge is 2.35. The van der Waals surface area contributed by atoms with Crippen molar-refractivity contribution in [1.29, 1.82) is 0 Å². The molecule has 3 nitrogen and oxygen atoms in total. The molecule has 0 amide bonds. The zero-order chi connectivity index (χ0) is 13.7. The molecule has 0 spiro atoms. The van der Waals surface area contributed by atoms with Crippen LogP contribution in [0.4, 0.5) is 0 Å². The van der Waals surface area contributed by atoms with Crippen LogP contribution in [0.25, 0.3) is 6.08 Å². The Morgan fingerprint density at radius 3 is 2.80 bits per heavy atom. The van der Waals surface area contributed by atoms with Gasteiger partial charge in [0.2, 0.25) is 9.84 Å². The molecule has 20 heavy (non-hydrogen) atoms. The van der Waals surface area contributed by atoms with Crippen molar-refractivity contribution in [1.82, 2.24) is 5.32 Å². The molecule has 0 saturated carbocycles. The quantitative estimate of drug-likeness (QED) is 0.863. The SMILES string of the molecule is O=S1(=O)C(C2=CC3CCCC(C2)N3)=Cc2ccccc21. The Labute approximate surface area is 119 Å². The van der Waals surface area contributed by atoms with Crippen molar-refractivity contribution in [3.63, 3.8) is 0 Å². The normalized spacial score (nSPS) is 30.4. The standard InChI is InChI=1S/C16H17NO2S/c18-20(19)15-7-2-1-4-11(15)10-16(20)12-8-13-5-3-6-14(9-12)17-13/h1-2,4,7-8,10,13-14,17H,3,5-6,9H2. The van der Waals surface area contributed by atoms with E-state index < -0.39 is 9.84 Å². The number of hydrogen-bond donors (Lipinski definition) is 1. The molecule has 1 aromatic carbocycles. The largest absolute Gasteiger partial charge is 0.307 e. The summed E-state index contributed by atoms with van der Waals surface area (Å²) in [6.07, 6.45) is 8.30. The molecule has 1 fully saturated rings. The lowest BCUT2D eigenvalue weighted by molar-refractivity contribution is 0.337. The summed E-state index contributed by atoms with van der Waals surface area (Å²) < 4.78 is 25.3. The lowest BCUT2D eigenvalue weighted by atomic mass is 9.87. The van der Waals surface area contributed by atoms with Crippen LogP contribution in [-0.4, -0.2) is 20.5 Å². The smallest absolute Gasteiger partial charge is 0.207 e. The maximum Gasteiger partial charge on any atom is 0.207 e. The third kappa shape index (κ3) is 1.79. The van der Waals surface area contributed by atoms with Crippen molar-refractivity contribution in [2.24, 2.45) is 0 Å². The lowest BCUT2D eigenvalue weighted by Gasteiger charge is -2.35. The molecule has 3 heterocycles. The fourth-order valence-corrected chi connectivity index (χ4v) is 5.26. The number of hydrogen-bond acceptors (Lipinski definition) is 3. The molecule has 1 aromatic rings.